The van der Waals surface area contributed by atoms with Crippen LogP contribution in [0.4, 0.5) is 0 Å². The fraction of sp³-hybridized carbons (Fsp3) is 0.533. The first-order chi connectivity index (χ1) is 8.44. The van der Waals surface area contributed by atoms with Crippen LogP contribution in [-0.2, 0) is 6.42 Å². The fourth-order valence-electron chi connectivity index (χ4n) is 2.61. The minimum atomic E-state index is -0.404. The normalized spacial score (nSPS) is 22.2. The van der Waals surface area contributed by atoms with Crippen molar-refractivity contribution in [1.29, 1.82) is 0 Å². The summed E-state index contributed by atoms with van der Waals surface area (Å²) in [6, 6.07) is 7.74. The number of amides is 1. The van der Waals surface area contributed by atoms with Gasteiger partial charge in [-0.3, -0.25) is 4.79 Å². The molecule has 1 saturated heterocycles. The van der Waals surface area contributed by atoms with E-state index in [1.807, 2.05) is 38.1 Å². The Morgan fingerprint density at radius 1 is 1.39 bits per heavy atom. The SMILES string of the molecule is CCc1ccc(C(=O)N2CC(O)CC2(C)C)cc1. The largest absolute Gasteiger partial charge is 0.391 e. The molecule has 98 valence electrons. The molecular formula is C15H21NO2. The predicted molar refractivity (Wildman–Crippen MR) is 71.6 cm³/mol. The van der Waals surface area contributed by atoms with Gasteiger partial charge in [0, 0.05) is 17.6 Å². The molecular weight excluding hydrogens is 226 g/mol. The molecule has 1 fully saturated rings. The monoisotopic (exact) mass is 247 g/mol. The van der Waals surface area contributed by atoms with Gasteiger partial charge in [0.1, 0.15) is 0 Å². The third kappa shape index (κ3) is 2.41. The maximum Gasteiger partial charge on any atom is 0.254 e. The molecule has 1 aliphatic rings. The van der Waals surface area contributed by atoms with Gasteiger partial charge in [-0.2, -0.15) is 0 Å². The number of benzene rings is 1. The summed E-state index contributed by atoms with van der Waals surface area (Å²) in [4.78, 5) is 14.2. The highest BCUT2D eigenvalue weighted by Gasteiger charge is 2.40. The fourth-order valence-corrected chi connectivity index (χ4v) is 2.61. The summed E-state index contributed by atoms with van der Waals surface area (Å²) in [5.74, 6) is 0.0132. The molecule has 0 radical (unpaired) electrons. The van der Waals surface area contributed by atoms with E-state index >= 15 is 0 Å². The summed E-state index contributed by atoms with van der Waals surface area (Å²) in [6.07, 6.45) is 1.22. The number of aryl methyl sites for hydroxylation is 1. The minimum Gasteiger partial charge on any atom is -0.391 e. The van der Waals surface area contributed by atoms with E-state index in [1.54, 1.807) is 4.90 Å². The Labute approximate surface area is 108 Å². The van der Waals surface area contributed by atoms with Gasteiger partial charge in [0.2, 0.25) is 0 Å². The zero-order valence-electron chi connectivity index (χ0n) is 11.3. The van der Waals surface area contributed by atoms with Gasteiger partial charge < -0.3 is 10.0 Å². The molecule has 0 spiro atoms. The predicted octanol–water partition coefficient (Wildman–Crippen LogP) is 2.23. The van der Waals surface area contributed by atoms with Gasteiger partial charge in [0.25, 0.3) is 5.91 Å². The van der Waals surface area contributed by atoms with Crippen LogP contribution in [0.15, 0.2) is 24.3 Å². The van der Waals surface area contributed by atoms with Crippen molar-refractivity contribution < 1.29 is 9.90 Å². The van der Waals surface area contributed by atoms with E-state index in [2.05, 4.69) is 6.92 Å². The molecule has 1 N–H and O–H groups in total. The number of aliphatic hydroxyl groups is 1. The quantitative estimate of drug-likeness (QED) is 0.870. The maximum absolute atomic E-state index is 12.4. The molecule has 1 aromatic rings. The van der Waals surface area contributed by atoms with Crippen LogP contribution in [0.1, 0.15) is 43.1 Å². The first-order valence-electron chi connectivity index (χ1n) is 6.53. The van der Waals surface area contributed by atoms with Gasteiger partial charge in [-0.25, -0.2) is 0 Å². The Morgan fingerprint density at radius 3 is 2.44 bits per heavy atom. The summed E-state index contributed by atoms with van der Waals surface area (Å²) in [5, 5.41) is 9.72. The van der Waals surface area contributed by atoms with E-state index < -0.39 is 6.10 Å². The summed E-state index contributed by atoms with van der Waals surface area (Å²) >= 11 is 0. The second-order valence-corrected chi connectivity index (χ2v) is 5.64. The van der Waals surface area contributed by atoms with Gasteiger partial charge in [-0.15, -0.1) is 0 Å². The lowest BCUT2D eigenvalue weighted by atomic mass is 10.0. The number of hydrogen-bond donors (Lipinski definition) is 1. The van der Waals surface area contributed by atoms with E-state index in [0.29, 0.717) is 18.5 Å². The van der Waals surface area contributed by atoms with Crippen molar-refractivity contribution in [1.82, 2.24) is 4.90 Å². The van der Waals surface area contributed by atoms with Gasteiger partial charge in [0.15, 0.2) is 0 Å². The standard InChI is InChI=1S/C15H21NO2/c1-4-11-5-7-12(8-6-11)14(18)16-10-13(17)9-15(16,2)3/h5-8,13,17H,4,9-10H2,1-3H3. The number of β-amino-alcohol motifs (C(OH)–C–C–N with tert-alkyl or cyclic N) is 1. The molecule has 1 aromatic carbocycles. The molecule has 1 unspecified atom stereocenters. The van der Waals surface area contributed by atoms with Crippen LogP contribution in [0, 0.1) is 0 Å². The molecule has 1 heterocycles. The number of carbonyl (C=O) groups is 1. The smallest absolute Gasteiger partial charge is 0.254 e. The van der Waals surface area contributed by atoms with Crippen molar-refractivity contribution in [2.24, 2.45) is 0 Å². The molecule has 3 nitrogen and oxygen atoms in total. The lowest BCUT2D eigenvalue weighted by Crippen LogP contribution is -2.42. The van der Waals surface area contributed by atoms with Crippen LogP contribution in [0.5, 0.6) is 0 Å². The van der Waals surface area contributed by atoms with Crippen molar-refractivity contribution >= 4 is 5.91 Å². The van der Waals surface area contributed by atoms with Crippen LogP contribution in [-0.4, -0.2) is 34.1 Å². The molecule has 0 saturated carbocycles. The van der Waals surface area contributed by atoms with Gasteiger partial charge in [0.05, 0.1) is 6.10 Å². The average Bonchev–Trinajstić information content (AvgIpc) is 2.61. The highest BCUT2D eigenvalue weighted by molar-refractivity contribution is 5.95. The van der Waals surface area contributed by atoms with E-state index in [0.717, 1.165) is 6.42 Å². The molecule has 18 heavy (non-hydrogen) atoms. The highest BCUT2D eigenvalue weighted by Crippen LogP contribution is 2.30. The molecule has 1 amide bonds. The van der Waals surface area contributed by atoms with Crippen molar-refractivity contribution in [2.75, 3.05) is 6.54 Å². The first-order valence-corrected chi connectivity index (χ1v) is 6.53. The van der Waals surface area contributed by atoms with E-state index in [-0.39, 0.29) is 11.4 Å². The molecule has 1 atom stereocenters. The molecule has 0 bridgehead atoms. The van der Waals surface area contributed by atoms with E-state index in [9.17, 15) is 9.90 Å². The summed E-state index contributed by atoms with van der Waals surface area (Å²) in [7, 11) is 0. The van der Waals surface area contributed by atoms with Crippen LogP contribution in [0.2, 0.25) is 0 Å². The van der Waals surface area contributed by atoms with Crippen molar-refractivity contribution in [3.8, 4) is 0 Å². The summed E-state index contributed by atoms with van der Waals surface area (Å²) in [5.41, 5.74) is 1.67. The summed E-state index contributed by atoms with van der Waals surface area (Å²) in [6.45, 7) is 6.53. The maximum atomic E-state index is 12.4. The van der Waals surface area contributed by atoms with Crippen molar-refractivity contribution in [3.05, 3.63) is 35.4 Å². The second-order valence-electron chi connectivity index (χ2n) is 5.64. The van der Waals surface area contributed by atoms with Crippen LogP contribution < -0.4 is 0 Å². The van der Waals surface area contributed by atoms with Crippen molar-refractivity contribution in [2.45, 2.75) is 45.3 Å². The summed E-state index contributed by atoms with van der Waals surface area (Å²) < 4.78 is 0. The van der Waals surface area contributed by atoms with Gasteiger partial charge in [-0.1, -0.05) is 19.1 Å². The Hall–Kier alpha value is -1.35. The molecule has 2 rings (SSSR count). The number of nitrogens with zero attached hydrogens (tertiary/aromatic N) is 1. The van der Waals surface area contributed by atoms with Crippen LogP contribution in [0.25, 0.3) is 0 Å². The molecule has 0 aliphatic carbocycles. The molecule has 0 aromatic heterocycles. The van der Waals surface area contributed by atoms with E-state index in [1.165, 1.54) is 5.56 Å². The van der Waals surface area contributed by atoms with Crippen LogP contribution >= 0.6 is 0 Å². The Morgan fingerprint density at radius 2 is 2.00 bits per heavy atom. The van der Waals surface area contributed by atoms with Crippen LogP contribution in [0.3, 0.4) is 0 Å². The minimum absolute atomic E-state index is 0.0132. The lowest BCUT2D eigenvalue weighted by Gasteiger charge is -2.31. The zero-order chi connectivity index (χ0) is 13.3. The Kier molecular flexibility index (Phi) is 3.44. The number of carbonyl (C=O) groups excluding carboxylic acids is 1. The number of rotatable bonds is 2. The highest BCUT2D eigenvalue weighted by atomic mass is 16.3. The molecule has 3 heteroatoms. The van der Waals surface area contributed by atoms with Crippen molar-refractivity contribution in [3.63, 3.8) is 0 Å². The number of likely N-dealkylation sites (tertiary alicyclic amines) is 1. The number of aliphatic hydroxyl groups excluding tert-OH is 1. The van der Waals surface area contributed by atoms with Gasteiger partial charge in [-0.05, 0) is 44.4 Å². The third-order valence-corrected chi connectivity index (χ3v) is 3.71. The average molecular weight is 247 g/mol. The topological polar surface area (TPSA) is 40.5 Å². The number of hydrogen-bond acceptors (Lipinski definition) is 2. The lowest BCUT2D eigenvalue weighted by molar-refractivity contribution is 0.0641. The van der Waals surface area contributed by atoms with Gasteiger partial charge >= 0.3 is 0 Å². The third-order valence-electron chi connectivity index (χ3n) is 3.71. The zero-order valence-corrected chi connectivity index (χ0v) is 11.3. The Balaban J connectivity index is 2.20. The second kappa shape index (κ2) is 4.73. The Bertz CT molecular complexity index is 436. The molecule has 1 aliphatic heterocycles. The van der Waals surface area contributed by atoms with E-state index in [4.69, 9.17) is 0 Å². The first kappa shape index (κ1) is 13.1.